The average Bonchev–Trinajstić information content (AvgIpc) is 3.34. The summed E-state index contributed by atoms with van der Waals surface area (Å²) in [5.41, 5.74) is 3.81. The van der Waals surface area contributed by atoms with Gasteiger partial charge in [-0.3, -0.25) is 9.59 Å². The number of thioether (sulfide) groups is 1. The van der Waals surface area contributed by atoms with Gasteiger partial charge in [-0.05, 0) is 61.5 Å². The van der Waals surface area contributed by atoms with Gasteiger partial charge in [0.25, 0.3) is 11.1 Å². The zero-order chi connectivity index (χ0) is 23.5. The van der Waals surface area contributed by atoms with Crippen LogP contribution in [-0.2, 0) is 11.3 Å². The molecule has 2 amide bonds. The molecule has 0 saturated carbocycles. The van der Waals surface area contributed by atoms with Gasteiger partial charge in [0.2, 0.25) is 0 Å². The maximum atomic E-state index is 13.0. The fraction of sp³-hybridized carbons (Fsp3) is 0.143. The molecule has 0 N–H and O–H groups in total. The molecule has 170 valence electrons. The average molecular weight is 469 g/mol. The summed E-state index contributed by atoms with van der Waals surface area (Å²) in [7, 11) is 0. The van der Waals surface area contributed by atoms with Crippen LogP contribution in [0.15, 0.2) is 90.0 Å². The minimum absolute atomic E-state index is 0.278. The van der Waals surface area contributed by atoms with E-state index in [1.807, 2.05) is 72.9 Å². The molecule has 1 saturated heterocycles. The summed E-state index contributed by atoms with van der Waals surface area (Å²) in [5, 5.41) is 0.771. The number of aryl methyl sites for hydroxylation is 2. The van der Waals surface area contributed by atoms with Crippen LogP contribution < -0.4 is 9.64 Å². The summed E-state index contributed by atoms with van der Waals surface area (Å²) in [4.78, 5) is 27.3. The maximum absolute atomic E-state index is 13.0. The Morgan fingerprint density at radius 3 is 2.44 bits per heavy atom. The lowest BCUT2D eigenvalue weighted by atomic mass is 10.1. The SMILES string of the molecule is Cc1ccc(OCCCn2cc(/C=C3\SC(=O)N(c4ccccc4)C3=O)c3ccccc32)cc1. The number of para-hydroxylation sites is 2. The number of carbonyl (C=O) groups excluding carboxylic acids is 2. The van der Waals surface area contributed by atoms with E-state index < -0.39 is 0 Å². The topological polar surface area (TPSA) is 51.5 Å². The lowest BCUT2D eigenvalue weighted by Crippen LogP contribution is -2.27. The van der Waals surface area contributed by atoms with Crippen molar-refractivity contribution in [3.05, 3.63) is 101 Å². The number of benzene rings is 3. The Bertz CT molecular complexity index is 1370. The zero-order valence-corrected chi connectivity index (χ0v) is 19.6. The fourth-order valence-electron chi connectivity index (χ4n) is 4.04. The molecule has 1 fully saturated rings. The molecule has 5 rings (SSSR count). The highest BCUT2D eigenvalue weighted by Crippen LogP contribution is 2.36. The van der Waals surface area contributed by atoms with E-state index in [2.05, 4.69) is 17.6 Å². The van der Waals surface area contributed by atoms with Crippen molar-refractivity contribution in [3.63, 3.8) is 0 Å². The van der Waals surface area contributed by atoms with Crippen LogP contribution in [0, 0.1) is 6.92 Å². The molecule has 4 aromatic rings. The third-order valence-electron chi connectivity index (χ3n) is 5.75. The second-order valence-corrected chi connectivity index (χ2v) is 9.16. The first-order chi connectivity index (χ1) is 16.6. The van der Waals surface area contributed by atoms with E-state index in [9.17, 15) is 9.59 Å². The Kier molecular flexibility index (Phi) is 6.23. The Labute approximate surface area is 202 Å². The quantitative estimate of drug-likeness (QED) is 0.225. The predicted molar refractivity (Wildman–Crippen MR) is 138 cm³/mol. The molecule has 1 aromatic heterocycles. The summed E-state index contributed by atoms with van der Waals surface area (Å²) in [6, 6.07) is 25.2. The number of amides is 2. The molecule has 1 aliphatic rings. The number of hydrogen-bond acceptors (Lipinski definition) is 4. The minimum atomic E-state index is -0.287. The van der Waals surface area contributed by atoms with Crippen LogP contribution in [0.3, 0.4) is 0 Å². The number of hydrogen-bond donors (Lipinski definition) is 0. The van der Waals surface area contributed by atoms with Gasteiger partial charge in [-0.2, -0.15) is 0 Å². The van der Waals surface area contributed by atoms with Gasteiger partial charge in [0.1, 0.15) is 5.75 Å². The molecule has 0 spiro atoms. The Balaban J connectivity index is 1.34. The molecular formula is C28H24N2O3S. The van der Waals surface area contributed by atoms with E-state index in [4.69, 9.17) is 4.74 Å². The smallest absolute Gasteiger partial charge is 0.298 e. The lowest BCUT2D eigenvalue weighted by molar-refractivity contribution is -0.113. The molecule has 0 aliphatic carbocycles. The van der Waals surface area contributed by atoms with Crippen molar-refractivity contribution in [3.8, 4) is 5.75 Å². The Hall–Kier alpha value is -3.77. The number of ether oxygens (including phenoxy) is 1. The largest absolute Gasteiger partial charge is 0.494 e. The highest BCUT2D eigenvalue weighted by Gasteiger charge is 2.36. The molecule has 5 nitrogen and oxygen atoms in total. The van der Waals surface area contributed by atoms with Crippen LogP contribution in [0.4, 0.5) is 10.5 Å². The minimum Gasteiger partial charge on any atom is -0.494 e. The van der Waals surface area contributed by atoms with E-state index in [0.29, 0.717) is 17.2 Å². The number of carbonyl (C=O) groups is 2. The molecule has 34 heavy (non-hydrogen) atoms. The van der Waals surface area contributed by atoms with E-state index >= 15 is 0 Å². The van der Waals surface area contributed by atoms with Crippen LogP contribution in [-0.4, -0.2) is 22.3 Å². The number of fused-ring (bicyclic) bond motifs is 1. The van der Waals surface area contributed by atoms with E-state index in [1.54, 1.807) is 12.1 Å². The molecule has 0 atom stereocenters. The normalized spacial score (nSPS) is 15.0. The van der Waals surface area contributed by atoms with Gasteiger partial charge in [-0.1, -0.05) is 54.1 Å². The first kappa shape index (κ1) is 22.0. The summed E-state index contributed by atoms with van der Waals surface area (Å²) in [6.45, 7) is 3.45. The summed E-state index contributed by atoms with van der Waals surface area (Å²) >= 11 is 0.979. The molecule has 3 aromatic carbocycles. The third-order valence-corrected chi connectivity index (χ3v) is 6.62. The lowest BCUT2D eigenvalue weighted by Gasteiger charge is -2.11. The second kappa shape index (κ2) is 9.61. The van der Waals surface area contributed by atoms with Gasteiger partial charge in [-0.25, -0.2) is 4.90 Å². The summed E-state index contributed by atoms with van der Waals surface area (Å²) in [6.07, 6.45) is 4.72. The first-order valence-corrected chi connectivity index (χ1v) is 12.0. The van der Waals surface area contributed by atoms with Crippen molar-refractivity contribution < 1.29 is 14.3 Å². The van der Waals surface area contributed by atoms with E-state index in [-0.39, 0.29) is 11.1 Å². The summed E-state index contributed by atoms with van der Waals surface area (Å²) in [5.74, 6) is 0.585. The van der Waals surface area contributed by atoms with Crippen LogP contribution in [0.25, 0.3) is 17.0 Å². The number of imide groups is 1. The number of rotatable bonds is 7. The van der Waals surface area contributed by atoms with Crippen LogP contribution >= 0.6 is 11.8 Å². The van der Waals surface area contributed by atoms with Crippen molar-refractivity contribution in [1.29, 1.82) is 0 Å². The van der Waals surface area contributed by atoms with Gasteiger partial charge in [0.15, 0.2) is 0 Å². The third kappa shape index (κ3) is 4.50. The number of nitrogens with zero attached hydrogens (tertiary/aromatic N) is 2. The zero-order valence-electron chi connectivity index (χ0n) is 18.8. The molecule has 0 bridgehead atoms. The van der Waals surface area contributed by atoms with Crippen molar-refractivity contribution in [2.24, 2.45) is 0 Å². The van der Waals surface area contributed by atoms with E-state index in [0.717, 1.165) is 46.9 Å². The standard InChI is InChI=1S/C28H24N2O3S/c1-20-12-14-23(15-13-20)33-17-7-16-29-19-21(24-10-5-6-11-25(24)29)18-26-27(31)30(28(32)34-26)22-8-3-2-4-9-22/h2-6,8-15,18-19H,7,16-17H2,1H3/b26-18-. The van der Waals surface area contributed by atoms with Crippen LogP contribution in [0.5, 0.6) is 5.75 Å². The molecule has 0 unspecified atom stereocenters. The monoisotopic (exact) mass is 468 g/mol. The molecule has 0 radical (unpaired) electrons. The molecular weight excluding hydrogens is 444 g/mol. The molecule has 2 heterocycles. The molecule has 1 aliphatic heterocycles. The Morgan fingerprint density at radius 1 is 0.912 bits per heavy atom. The highest BCUT2D eigenvalue weighted by molar-refractivity contribution is 8.19. The van der Waals surface area contributed by atoms with Crippen LogP contribution in [0.1, 0.15) is 17.5 Å². The highest BCUT2D eigenvalue weighted by atomic mass is 32.2. The summed E-state index contributed by atoms with van der Waals surface area (Å²) < 4.78 is 8.05. The van der Waals surface area contributed by atoms with Gasteiger partial charge in [-0.15, -0.1) is 0 Å². The van der Waals surface area contributed by atoms with Gasteiger partial charge >= 0.3 is 0 Å². The van der Waals surface area contributed by atoms with Crippen molar-refractivity contribution in [2.45, 2.75) is 19.9 Å². The van der Waals surface area contributed by atoms with Crippen molar-refractivity contribution >= 4 is 45.6 Å². The van der Waals surface area contributed by atoms with Crippen molar-refractivity contribution in [2.75, 3.05) is 11.5 Å². The number of aromatic nitrogens is 1. The first-order valence-electron chi connectivity index (χ1n) is 11.2. The van der Waals surface area contributed by atoms with Crippen molar-refractivity contribution in [1.82, 2.24) is 4.57 Å². The van der Waals surface area contributed by atoms with Gasteiger partial charge < -0.3 is 9.30 Å². The second-order valence-electron chi connectivity index (χ2n) is 8.16. The Morgan fingerprint density at radius 2 is 1.65 bits per heavy atom. The maximum Gasteiger partial charge on any atom is 0.298 e. The van der Waals surface area contributed by atoms with Gasteiger partial charge in [0.05, 0.1) is 17.2 Å². The van der Waals surface area contributed by atoms with E-state index in [1.165, 1.54) is 10.5 Å². The van der Waals surface area contributed by atoms with Gasteiger partial charge in [0, 0.05) is 29.2 Å². The predicted octanol–water partition coefficient (Wildman–Crippen LogP) is 6.66. The molecule has 6 heteroatoms. The fourth-order valence-corrected chi connectivity index (χ4v) is 4.88. The van der Waals surface area contributed by atoms with Crippen LogP contribution in [0.2, 0.25) is 0 Å². The number of anilines is 1.